The third kappa shape index (κ3) is 7.48. The van der Waals surface area contributed by atoms with E-state index in [-0.39, 0.29) is 12.4 Å². The topological polar surface area (TPSA) is 37.3 Å². The molecular formula is C10H18O2. The Kier molecular flexibility index (Phi) is 6.67. The highest BCUT2D eigenvalue weighted by Gasteiger charge is 1.92. The van der Waals surface area contributed by atoms with Crippen LogP contribution in [0.15, 0.2) is 11.6 Å². The molecule has 12 heavy (non-hydrogen) atoms. The Morgan fingerprint density at radius 2 is 2.00 bits per heavy atom. The molecule has 0 fully saturated rings. The second-order valence-electron chi connectivity index (χ2n) is 3.12. The summed E-state index contributed by atoms with van der Waals surface area (Å²) in [5, 5.41) is 8.55. The van der Waals surface area contributed by atoms with Crippen molar-refractivity contribution >= 4 is 5.78 Å². The first kappa shape index (κ1) is 11.4. The maximum atomic E-state index is 10.6. The van der Waals surface area contributed by atoms with Crippen LogP contribution in [0.2, 0.25) is 0 Å². The number of hydrogen-bond donors (Lipinski definition) is 1. The molecule has 0 aliphatic carbocycles. The molecule has 0 unspecified atom stereocenters. The Labute approximate surface area is 74.3 Å². The van der Waals surface area contributed by atoms with Crippen LogP contribution in [-0.2, 0) is 4.79 Å². The van der Waals surface area contributed by atoms with Gasteiger partial charge in [-0.25, -0.2) is 0 Å². The van der Waals surface area contributed by atoms with Gasteiger partial charge in [0.15, 0.2) is 0 Å². The van der Waals surface area contributed by atoms with E-state index in [9.17, 15) is 4.79 Å². The van der Waals surface area contributed by atoms with Gasteiger partial charge in [0.05, 0.1) is 0 Å². The minimum absolute atomic E-state index is 0.237. The molecule has 0 radical (unpaired) electrons. The molecule has 2 nitrogen and oxygen atoms in total. The number of hydrogen-bond acceptors (Lipinski definition) is 2. The van der Waals surface area contributed by atoms with Gasteiger partial charge in [0.1, 0.15) is 5.78 Å². The Hall–Kier alpha value is -0.630. The molecule has 0 rings (SSSR count). The SMILES string of the molecule is CC(=O)CCC=C(C)CCCO. The van der Waals surface area contributed by atoms with Crippen molar-refractivity contribution in [3.05, 3.63) is 11.6 Å². The van der Waals surface area contributed by atoms with Crippen molar-refractivity contribution in [3.63, 3.8) is 0 Å². The predicted octanol–water partition coefficient (Wildman–Crippen LogP) is 2.07. The summed E-state index contributed by atoms with van der Waals surface area (Å²) < 4.78 is 0. The van der Waals surface area contributed by atoms with Gasteiger partial charge < -0.3 is 9.90 Å². The Morgan fingerprint density at radius 3 is 2.50 bits per heavy atom. The maximum Gasteiger partial charge on any atom is 0.130 e. The minimum Gasteiger partial charge on any atom is -0.396 e. The van der Waals surface area contributed by atoms with Crippen LogP contribution >= 0.6 is 0 Å². The molecule has 0 amide bonds. The fourth-order valence-electron chi connectivity index (χ4n) is 0.982. The molecule has 70 valence electrons. The van der Waals surface area contributed by atoms with Crippen LogP contribution in [0.1, 0.15) is 39.5 Å². The van der Waals surface area contributed by atoms with Crippen LogP contribution in [0.5, 0.6) is 0 Å². The lowest BCUT2D eigenvalue weighted by Crippen LogP contribution is -1.88. The average Bonchev–Trinajstić information content (AvgIpc) is 2.00. The molecule has 2 heteroatoms. The summed E-state index contributed by atoms with van der Waals surface area (Å²) in [6.45, 7) is 3.89. The smallest absolute Gasteiger partial charge is 0.130 e. The molecule has 0 heterocycles. The minimum atomic E-state index is 0.237. The monoisotopic (exact) mass is 170 g/mol. The summed E-state index contributed by atoms with van der Waals surface area (Å²) in [6, 6.07) is 0. The first-order valence-corrected chi connectivity index (χ1v) is 4.42. The molecule has 0 bridgehead atoms. The fraction of sp³-hybridized carbons (Fsp3) is 0.700. The van der Waals surface area contributed by atoms with Crippen molar-refractivity contribution in [2.24, 2.45) is 0 Å². The summed E-state index contributed by atoms with van der Waals surface area (Å²) in [4.78, 5) is 10.6. The second kappa shape index (κ2) is 7.04. The summed E-state index contributed by atoms with van der Waals surface area (Å²) in [7, 11) is 0. The molecule has 0 atom stereocenters. The number of carbonyl (C=O) groups is 1. The Bertz CT molecular complexity index is 159. The molecule has 0 saturated carbocycles. The zero-order valence-corrected chi connectivity index (χ0v) is 7.97. The first-order chi connectivity index (χ1) is 5.66. The highest BCUT2D eigenvalue weighted by atomic mass is 16.2. The van der Waals surface area contributed by atoms with Crippen LogP contribution in [-0.4, -0.2) is 17.5 Å². The number of carbonyl (C=O) groups excluding carboxylic acids is 1. The predicted molar refractivity (Wildman–Crippen MR) is 50.0 cm³/mol. The lowest BCUT2D eigenvalue weighted by atomic mass is 10.1. The molecular weight excluding hydrogens is 152 g/mol. The summed E-state index contributed by atoms with van der Waals surface area (Å²) in [5.41, 5.74) is 1.27. The normalized spacial score (nSPS) is 11.8. The van der Waals surface area contributed by atoms with E-state index in [2.05, 4.69) is 6.08 Å². The molecule has 0 aromatic carbocycles. The van der Waals surface area contributed by atoms with E-state index < -0.39 is 0 Å². The van der Waals surface area contributed by atoms with Crippen molar-refractivity contribution in [2.45, 2.75) is 39.5 Å². The van der Waals surface area contributed by atoms with Gasteiger partial charge >= 0.3 is 0 Å². The third-order valence-electron chi connectivity index (χ3n) is 1.72. The second-order valence-corrected chi connectivity index (χ2v) is 3.12. The van der Waals surface area contributed by atoms with E-state index >= 15 is 0 Å². The molecule has 0 aliphatic rings. The first-order valence-electron chi connectivity index (χ1n) is 4.42. The van der Waals surface area contributed by atoms with Crippen LogP contribution in [0.25, 0.3) is 0 Å². The molecule has 0 aromatic rings. The highest BCUT2D eigenvalue weighted by molar-refractivity contribution is 5.75. The van der Waals surface area contributed by atoms with E-state index in [1.54, 1.807) is 6.92 Å². The molecule has 1 N–H and O–H groups in total. The van der Waals surface area contributed by atoms with E-state index in [4.69, 9.17) is 5.11 Å². The molecule has 0 aliphatic heterocycles. The summed E-state index contributed by atoms with van der Waals surface area (Å²) >= 11 is 0. The number of aliphatic hydroxyl groups excluding tert-OH is 1. The Balaban J connectivity index is 3.47. The third-order valence-corrected chi connectivity index (χ3v) is 1.72. The van der Waals surface area contributed by atoms with Crippen molar-refractivity contribution in [3.8, 4) is 0 Å². The van der Waals surface area contributed by atoms with Gasteiger partial charge in [0.2, 0.25) is 0 Å². The van der Waals surface area contributed by atoms with Crippen molar-refractivity contribution in [1.82, 2.24) is 0 Å². The molecule has 0 aromatic heterocycles. The van der Waals surface area contributed by atoms with Gasteiger partial charge in [-0.15, -0.1) is 0 Å². The van der Waals surface area contributed by atoms with Gasteiger partial charge in [-0.05, 0) is 33.1 Å². The van der Waals surface area contributed by atoms with Crippen molar-refractivity contribution in [2.75, 3.05) is 6.61 Å². The van der Waals surface area contributed by atoms with Gasteiger partial charge in [-0.2, -0.15) is 0 Å². The van der Waals surface area contributed by atoms with Gasteiger partial charge in [-0.1, -0.05) is 11.6 Å². The lowest BCUT2D eigenvalue weighted by molar-refractivity contribution is -0.116. The van der Waals surface area contributed by atoms with Gasteiger partial charge in [0, 0.05) is 13.0 Å². The van der Waals surface area contributed by atoms with Gasteiger partial charge in [-0.3, -0.25) is 0 Å². The lowest BCUT2D eigenvalue weighted by Gasteiger charge is -1.98. The fourth-order valence-corrected chi connectivity index (χ4v) is 0.982. The molecule has 0 saturated heterocycles. The number of Topliss-reactive ketones (excluding diaryl/α,β-unsaturated/α-hetero) is 1. The van der Waals surface area contributed by atoms with E-state index in [0.717, 1.165) is 19.3 Å². The van der Waals surface area contributed by atoms with Crippen molar-refractivity contribution < 1.29 is 9.90 Å². The van der Waals surface area contributed by atoms with E-state index in [0.29, 0.717) is 6.42 Å². The zero-order valence-electron chi connectivity index (χ0n) is 7.97. The number of ketones is 1. The van der Waals surface area contributed by atoms with E-state index in [1.807, 2.05) is 6.92 Å². The standard InChI is InChI=1S/C10H18O2/c1-9(6-4-8-11)5-3-7-10(2)12/h5,11H,3-4,6-8H2,1-2H3. The van der Waals surface area contributed by atoms with Crippen LogP contribution in [0, 0.1) is 0 Å². The number of allylic oxidation sites excluding steroid dienone is 2. The van der Waals surface area contributed by atoms with Crippen molar-refractivity contribution in [1.29, 1.82) is 0 Å². The molecule has 0 spiro atoms. The van der Waals surface area contributed by atoms with Crippen LogP contribution in [0.3, 0.4) is 0 Å². The largest absolute Gasteiger partial charge is 0.396 e. The van der Waals surface area contributed by atoms with Crippen LogP contribution in [0.4, 0.5) is 0 Å². The average molecular weight is 170 g/mol. The number of rotatable bonds is 6. The number of aliphatic hydroxyl groups is 1. The van der Waals surface area contributed by atoms with E-state index in [1.165, 1.54) is 5.57 Å². The summed E-state index contributed by atoms with van der Waals surface area (Å²) in [6.07, 6.45) is 5.32. The summed E-state index contributed by atoms with van der Waals surface area (Å²) in [5.74, 6) is 0.237. The Morgan fingerprint density at radius 1 is 1.33 bits per heavy atom. The quantitative estimate of drug-likeness (QED) is 0.620. The van der Waals surface area contributed by atoms with Gasteiger partial charge in [0.25, 0.3) is 0 Å². The highest BCUT2D eigenvalue weighted by Crippen LogP contribution is 2.05. The van der Waals surface area contributed by atoms with Crippen LogP contribution < -0.4 is 0 Å². The zero-order chi connectivity index (χ0) is 9.40. The maximum absolute atomic E-state index is 10.6.